The minimum absolute atomic E-state index is 0.0772. The Kier molecular flexibility index (Phi) is 6.78. The van der Waals surface area contributed by atoms with Gasteiger partial charge in [0.2, 0.25) is 5.91 Å². The van der Waals surface area contributed by atoms with Gasteiger partial charge < -0.3 is 15.4 Å². The second kappa shape index (κ2) is 9.08. The summed E-state index contributed by atoms with van der Waals surface area (Å²) < 4.78 is 5.02. The molecule has 4 nitrogen and oxygen atoms in total. The van der Waals surface area contributed by atoms with Crippen LogP contribution in [0.4, 0.5) is 0 Å². The van der Waals surface area contributed by atoms with Gasteiger partial charge in [-0.1, -0.05) is 60.7 Å². The van der Waals surface area contributed by atoms with Crippen LogP contribution in [0.1, 0.15) is 11.1 Å². The van der Waals surface area contributed by atoms with Crippen LogP contribution in [0.15, 0.2) is 60.7 Å². The lowest BCUT2D eigenvalue weighted by atomic mass is 10.1. The number of benzene rings is 2. The molecule has 0 saturated carbocycles. The standard InChI is InChI=1S/C19H24N2O2/c1-23-15-18(20)19(22)21(14-17-10-6-3-7-11-17)13-12-16-8-4-2-5-9-16/h2-11,18H,12-15,20H2,1H3. The zero-order valence-electron chi connectivity index (χ0n) is 13.5. The molecule has 0 spiro atoms. The second-order valence-corrected chi connectivity index (χ2v) is 5.54. The fourth-order valence-electron chi connectivity index (χ4n) is 2.47. The van der Waals surface area contributed by atoms with Crippen molar-refractivity contribution in [3.8, 4) is 0 Å². The number of nitrogens with two attached hydrogens (primary N) is 1. The molecule has 2 N–H and O–H groups in total. The first-order valence-corrected chi connectivity index (χ1v) is 7.82. The van der Waals surface area contributed by atoms with Crippen LogP contribution in [0.5, 0.6) is 0 Å². The van der Waals surface area contributed by atoms with Crippen LogP contribution in [0.25, 0.3) is 0 Å². The molecular weight excluding hydrogens is 288 g/mol. The molecule has 0 radical (unpaired) electrons. The van der Waals surface area contributed by atoms with E-state index in [-0.39, 0.29) is 12.5 Å². The summed E-state index contributed by atoms with van der Waals surface area (Å²) in [6.07, 6.45) is 0.805. The van der Waals surface area contributed by atoms with Crippen molar-refractivity contribution in [3.05, 3.63) is 71.8 Å². The van der Waals surface area contributed by atoms with Gasteiger partial charge in [0.15, 0.2) is 0 Å². The zero-order chi connectivity index (χ0) is 16.5. The van der Waals surface area contributed by atoms with Crippen molar-refractivity contribution >= 4 is 5.91 Å². The number of methoxy groups -OCH3 is 1. The van der Waals surface area contributed by atoms with Gasteiger partial charge in [-0.25, -0.2) is 0 Å². The van der Waals surface area contributed by atoms with Crippen molar-refractivity contribution in [2.45, 2.75) is 19.0 Å². The Hall–Kier alpha value is -2.17. The van der Waals surface area contributed by atoms with Gasteiger partial charge in [0, 0.05) is 20.2 Å². The van der Waals surface area contributed by atoms with Crippen LogP contribution >= 0.6 is 0 Å². The lowest BCUT2D eigenvalue weighted by Crippen LogP contribution is -2.46. The average molecular weight is 312 g/mol. The molecule has 0 aliphatic rings. The highest BCUT2D eigenvalue weighted by Gasteiger charge is 2.21. The predicted octanol–water partition coefficient (Wildman–Crippen LogP) is 2.23. The average Bonchev–Trinajstić information content (AvgIpc) is 2.60. The highest BCUT2D eigenvalue weighted by molar-refractivity contribution is 5.81. The lowest BCUT2D eigenvalue weighted by Gasteiger charge is -2.26. The van der Waals surface area contributed by atoms with Crippen LogP contribution in [-0.4, -0.2) is 37.1 Å². The third-order valence-electron chi connectivity index (χ3n) is 3.70. The monoisotopic (exact) mass is 312 g/mol. The van der Waals surface area contributed by atoms with Crippen LogP contribution in [-0.2, 0) is 22.5 Å². The van der Waals surface area contributed by atoms with E-state index in [9.17, 15) is 4.79 Å². The molecule has 1 amide bonds. The van der Waals surface area contributed by atoms with Gasteiger partial charge in [0.1, 0.15) is 6.04 Å². The third-order valence-corrected chi connectivity index (χ3v) is 3.70. The fraction of sp³-hybridized carbons (Fsp3) is 0.316. The summed E-state index contributed by atoms with van der Waals surface area (Å²) in [5.41, 5.74) is 8.24. The molecule has 2 aromatic rings. The van der Waals surface area contributed by atoms with E-state index >= 15 is 0 Å². The third kappa shape index (κ3) is 5.51. The van der Waals surface area contributed by atoms with Crippen LogP contribution in [0.2, 0.25) is 0 Å². The maximum atomic E-state index is 12.6. The van der Waals surface area contributed by atoms with E-state index in [1.807, 2.05) is 53.4 Å². The van der Waals surface area contributed by atoms with Crippen LogP contribution in [0.3, 0.4) is 0 Å². The summed E-state index contributed by atoms with van der Waals surface area (Å²) in [6, 6.07) is 19.5. The Morgan fingerprint density at radius 2 is 1.61 bits per heavy atom. The summed E-state index contributed by atoms with van der Waals surface area (Å²) in [6.45, 7) is 1.43. The van der Waals surface area contributed by atoms with Gasteiger partial charge in [0.25, 0.3) is 0 Å². The normalized spacial score (nSPS) is 11.9. The molecular formula is C19H24N2O2. The second-order valence-electron chi connectivity index (χ2n) is 5.54. The molecule has 1 unspecified atom stereocenters. The molecule has 23 heavy (non-hydrogen) atoms. The number of rotatable bonds is 8. The quantitative estimate of drug-likeness (QED) is 0.813. The van der Waals surface area contributed by atoms with Crippen molar-refractivity contribution in [3.63, 3.8) is 0 Å². The number of hydrogen-bond acceptors (Lipinski definition) is 3. The molecule has 1 atom stereocenters. The molecule has 0 heterocycles. The van der Waals surface area contributed by atoms with Gasteiger partial charge in [-0.05, 0) is 17.5 Å². The summed E-state index contributed by atoms with van der Waals surface area (Å²) >= 11 is 0. The molecule has 2 rings (SSSR count). The number of ether oxygens (including phenoxy) is 1. The van der Waals surface area contributed by atoms with Gasteiger partial charge in [-0.3, -0.25) is 4.79 Å². The van der Waals surface area contributed by atoms with E-state index in [1.54, 1.807) is 7.11 Å². The number of carbonyl (C=O) groups is 1. The van der Waals surface area contributed by atoms with E-state index in [4.69, 9.17) is 10.5 Å². The van der Waals surface area contributed by atoms with Crippen LogP contribution < -0.4 is 5.73 Å². The van der Waals surface area contributed by atoms with Crippen molar-refractivity contribution in [2.24, 2.45) is 5.73 Å². The summed E-state index contributed by atoms with van der Waals surface area (Å²) in [7, 11) is 1.55. The van der Waals surface area contributed by atoms with E-state index < -0.39 is 6.04 Å². The van der Waals surface area contributed by atoms with Gasteiger partial charge in [0.05, 0.1) is 6.61 Å². The molecule has 0 fully saturated rings. The predicted molar refractivity (Wildman–Crippen MR) is 91.9 cm³/mol. The number of carbonyl (C=O) groups excluding carboxylic acids is 1. The zero-order valence-corrected chi connectivity index (χ0v) is 13.5. The van der Waals surface area contributed by atoms with Gasteiger partial charge in [-0.15, -0.1) is 0 Å². The Balaban J connectivity index is 2.05. The minimum atomic E-state index is -0.625. The molecule has 4 heteroatoms. The largest absolute Gasteiger partial charge is 0.383 e. The number of hydrogen-bond donors (Lipinski definition) is 1. The summed E-state index contributed by atoms with van der Waals surface area (Å²) in [5.74, 6) is -0.0772. The van der Waals surface area contributed by atoms with Crippen molar-refractivity contribution in [1.82, 2.24) is 4.90 Å². The first-order valence-electron chi connectivity index (χ1n) is 7.82. The fourth-order valence-corrected chi connectivity index (χ4v) is 2.47. The topological polar surface area (TPSA) is 55.6 Å². The van der Waals surface area contributed by atoms with Crippen LogP contribution in [0, 0.1) is 0 Å². The highest BCUT2D eigenvalue weighted by atomic mass is 16.5. The number of nitrogens with zero attached hydrogens (tertiary/aromatic N) is 1. The molecule has 0 aromatic heterocycles. The Morgan fingerprint density at radius 1 is 1.04 bits per heavy atom. The first kappa shape index (κ1) is 17.2. The SMILES string of the molecule is COCC(N)C(=O)N(CCc1ccccc1)Cc1ccccc1. The lowest BCUT2D eigenvalue weighted by molar-refractivity contribution is -0.134. The van der Waals surface area contributed by atoms with Crippen molar-refractivity contribution in [2.75, 3.05) is 20.3 Å². The van der Waals surface area contributed by atoms with Crippen molar-refractivity contribution < 1.29 is 9.53 Å². The van der Waals surface area contributed by atoms with E-state index in [0.29, 0.717) is 13.1 Å². The van der Waals surface area contributed by atoms with Gasteiger partial charge in [-0.2, -0.15) is 0 Å². The van der Waals surface area contributed by atoms with E-state index in [2.05, 4.69) is 12.1 Å². The smallest absolute Gasteiger partial charge is 0.242 e. The molecule has 122 valence electrons. The Bertz CT molecular complexity index is 587. The summed E-state index contributed by atoms with van der Waals surface area (Å²) in [5, 5.41) is 0. The maximum absolute atomic E-state index is 12.6. The molecule has 2 aromatic carbocycles. The minimum Gasteiger partial charge on any atom is -0.383 e. The Labute approximate surface area is 137 Å². The van der Waals surface area contributed by atoms with E-state index in [0.717, 1.165) is 12.0 Å². The first-order chi connectivity index (χ1) is 11.2. The molecule has 0 bridgehead atoms. The maximum Gasteiger partial charge on any atom is 0.242 e. The number of amides is 1. The van der Waals surface area contributed by atoms with Crippen molar-refractivity contribution in [1.29, 1.82) is 0 Å². The van der Waals surface area contributed by atoms with Gasteiger partial charge >= 0.3 is 0 Å². The Morgan fingerprint density at radius 3 is 2.17 bits per heavy atom. The summed E-state index contributed by atoms with van der Waals surface area (Å²) in [4.78, 5) is 14.4. The molecule has 0 aliphatic heterocycles. The van der Waals surface area contributed by atoms with E-state index in [1.165, 1.54) is 5.56 Å². The molecule has 0 aliphatic carbocycles. The molecule has 0 saturated heterocycles. The highest BCUT2D eigenvalue weighted by Crippen LogP contribution is 2.09.